The number of rotatable bonds is 22. The smallest absolute Gasteiger partial charge is 0.319 e. The Labute approximate surface area is 548 Å². The molecule has 4 amide bonds. The predicted octanol–water partition coefficient (Wildman–Crippen LogP) is -15.8. The number of hydrogen-bond donors (Lipinski definition) is 28. The van der Waals surface area contributed by atoms with Crippen molar-refractivity contribution in [1.29, 1.82) is 0 Å². The molecule has 2 aliphatic carbocycles. The summed E-state index contributed by atoms with van der Waals surface area (Å²) in [6.07, 6.45) is -44.6. The van der Waals surface area contributed by atoms with Crippen LogP contribution in [0.5, 0.6) is 0 Å². The molecule has 2 saturated carbocycles. The normalized spacial score (nSPS) is 48.5. The van der Waals surface area contributed by atoms with Gasteiger partial charge in [0.15, 0.2) is 37.7 Å². The number of amides is 4. The van der Waals surface area contributed by atoms with Gasteiger partial charge in [-0.05, 0) is 37.1 Å². The minimum absolute atomic E-state index is 0.0241. The summed E-state index contributed by atoms with van der Waals surface area (Å²) in [5.74, 6) is 0. The van der Waals surface area contributed by atoms with Crippen molar-refractivity contribution in [2.24, 2.45) is 68.8 Å². The average Bonchev–Trinajstić information content (AvgIpc) is 1.44. The number of carbonyl (C=O) groups is 2. The lowest BCUT2D eigenvalue weighted by atomic mass is 9.84. The van der Waals surface area contributed by atoms with Crippen molar-refractivity contribution in [3.05, 3.63) is 24.3 Å². The molecule has 9 rings (SSSR count). The number of nitrogens with one attached hydrogen (secondary N) is 4. The number of benzene rings is 1. The van der Waals surface area contributed by atoms with Gasteiger partial charge in [-0.3, -0.25) is 0 Å². The minimum Gasteiger partial charge on any atom is -0.389 e. The summed E-state index contributed by atoms with van der Waals surface area (Å²) in [5.41, 5.74) is 73.9. The number of anilines is 2. The molecule has 6 aliphatic heterocycles. The summed E-state index contributed by atoms with van der Waals surface area (Å²) >= 11 is 0. The molecule has 1 aromatic rings. The van der Waals surface area contributed by atoms with Crippen molar-refractivity contribution in [3.8, 4) is 0 Å². The van der Waals surface area contributed by atoms with Crippen molar-refractivity contribution in [2.45, 2.75) is 245 Å². The number of urea groups is 2. The molecule has 0 spiro atoms. The Morgan fingerprint density at radius 2 is 0.583 bits per heavy atom. The Hall–Kier alpha value is -3.68. The van der Waals surface area contributed by atoms with Crippen LogP contribution in [0.2, 0.25) is 0 Å². The summed E-state index contributed by atoms with van der Waals surface area (Å²) in [7, 11) is 0. The Kier molecular flexibility index (Phi) is 26.3. The maximum absolute atomic E-state index is 13.6. The fourth-order valence-electron chi connectivity index (χ4n) is 12.9. The first-order valence-electron chi connectivity index (χ1n) is 31.6. The zero-order valence-corrected chi connectivity index (χ0v) is 51.9. The lowest BCUT2D eigenvalue weighted by molar-refractivity contribution is -0.306. The number of hydrogen-bond acceptors (Lipinski definition) is 38. The fraction of sp³-hybridized carbons (Fsp3) is 0.852. The van der Waals surface area contributed by atoms with Crippen LogP contribution >= 0.6 is 0 Å². The highest BCUT2D eigenvalue weighted by Gasteiger charge is 2.58. The van der Waals surface area contributed by atoms with E-state index in [1.807, 2.05) is 0 Å². The largest absolute Gasteiger partial charge is 0.389 e. The summed E-state index contributed by atoms with van der Waals surface area (Å²) in [6.45, 7) is -1.99. The minimum atomic E-state index is -1.81. The van der Waals surface area contributed by atoms with Gasteiger partial charge in [-0.2, -0.15) is 0 Å². The second-order valence-electron chi connectivity index (χ2n) is 25.4. The van der Waals surface area contributed by atoms with Crippen LogP contribution in [0.15, 0.2) is 24.3 Å². The van der Waals surface area contributed by atoms with Crippen LogP contribution in [0, 0.1) is 0 Å². The highest BCUT2D eigenvalue weighted by molar-refractivity contribution is 5.91. The number of nitrogens with two attached hydrogens (primary N) is 12. The molecule has 8 fully saturated rings. The maximum Gasteiger partial charge on any atom is 0.319 e. The lowest BCUT2D eigenvalue weighted by Crippen LogP contribution is -2.68. The van der Waals surface area contributed by atoms with E-state index in [9.17, 15) is 70.9 Å². The quantitative estimate of drug-likeness (QED) is 0.0513. The summed E-state index contributed by atoms with van der Waals surface area (Å²) < 4.78 is 72.4. The third-order valence-electron chi connectivity index (χ3n) is 18.7. The molecule has 6 heterocycles. The Morgan fingerprint density at radius 3 is 0.854 bits per heavy atom. The van der Waals surface area contributed by atoms with Gasteiger partial charge in [0.05, 0.1) is 36.4 Å². The second kappa shape index (κ2) is 33.0. The standard InChI is InChI=1S/C54H98N16O26/c55-7-19-31(73)35(77)25(63)47(85-19)91-41-17(61)5-15(59)29(71)45(41)95-51-39(81)43(93-49-27(65)37(79)33(75)21(9-57)87-49)23(89-51)11-67-53(83)69-13-1-2-14(4-3-13)70-54(84)68-12-24-44(94-50-28(66)38(80)34(76)22(10-58)88-50)40(82)52(90-24)96-46-30(72)16(60)6-18(62)42(46)92-48-26(64)36(78)32(74)20(8-56)86-48/h1-4,15-52,71-82H,5-12,55-66H2,(H2,67,69,83)(H2,68,70,84)/t15-,16+,17?,18?,19?,20?,21+,22-,23-,24-,25?,26?,27?,28?,29?,30+,31?,32?,33?,34?,35-,36-,37?,38?,39+,40?,41?,42?,43?,44?,45-,46?,47-,48+,49-,50+,51+,52+/m1/s1. The molecule has 38 atom stereocenters. The van der Waals surface area contributed by atoms with Crippen LogP contribution in [0.4, 0.5) is 21.0 Å². The maximum atomic E-state index is 13.6. The summed E-state index contributed by atoms with van der Waals surface area (Å²) in [4.78, 5) is 27.2. The van der Waals surface area contributed by atoms with Crippen LogP contribution < -0.4 is 90.1 Å². The van der Waals surface area contributed by atoms with Gasteiger partial charge in [0, 0.05) is 74.8 Å². The van der Waals surface area contributed by atoms with Crippen molar-refractivity contribution < 1.29 is 128 Å². The average molecular weight is 1390 g/mol. The lowest BCUT2D eigenvalue weighted by Gasteiger charge is -2.47. The second-order valence-corrected chi connectivity index (χ2v) is 25.4. The van der Waals surface area contributed by atoms with Gasteiger partial charge in [0.2, 0.25) is 0 Å². The van der Waals surface area contributed by atoms with E-state index in [-0.39, 0.29) is 50.4 Å². The molecular formula is C54H98N16O26. The van der Waals surface area contributed by atoms with Gasteiger partial charge < -0.3 is 208 Å². The first-order chi connectivity index (χ1) is 45.5. The molecule has 0 aromatic heterocycles. The van der Waals surface area contributed by atoms with E-state index in [1.54, 1.807) is 0 Å². The van der Waals surface area contributed by atoms with Crippen LogP contribution in [0.1, 0.15) is 12.8 Å². The van der Waals surface area contributed by atoms with Gasteiger partial charge >= 0.3 is 12.1 Å². The number of carbonyl (C=O) groups excluding carboxylic acids is 2. The first-order valence-corrected chi connectivity index (χ1v) is 31.6. The molecule has 21 unspecified atom stereocenters. The van der Waals surface area contributed by atoms with Crippen LogP contribution in [-0.2, 0) is 56.8 Å². The van der Waals surface area contributed by atoms with Crippen LogP contribution in [-0.4, -0.2) is 345 Å². The molecule has 42 heteroatoms. The molecule has 550 valence electrons. The van der Waals surface area contributed by atoms with E-state index in [4.69, 9.17) is 126 Å². The van der Waals surface area contributed by atoms with E-state index in [0.717, 1.165) is 0 Å². The van der Waals surface area contributed by atoms with Crippen LogP contribution in [0.3, 0.4) is 0 Å². The van der Waals surface area contributed by atoms with Gasteiger partial charge in [-0.25, -0.2) is 9.59 Å². The molecule has 6 saturated heterocycles. The highest BCUT2D eigenvalue weighted by atomic mass is 16.8. The molecule has 0 radical (unpaired) electrons. The van der Waals surface area contributed by atoms with E-state index in [1.165, 1.54) is 24.3 Å². The number of aliphatic hydroxyl groups is 12. The molecule has 8 aliphatic rings. The number of ether oxygens (including phenoxy) is 12. The van der Waals surface area contributed by atoms with Crippen molar-refractivity contribution in [3.63, 3.8) is 0 Å². The predicted molar refractivity (Wildman–Crippen MR) is 323 cm³/mol. The SMILES string of the molecule is NCC1O[C@H](OC2C(N)C[C@@H](N)C(O)[C@H]2O[C@@H]2O[C@H](CNC(=O)Nc3ccc(NC(=O)NC[C@H]4O[C@@H](OC5C(O[C@@H]6OC(CN)C(O)[C@H](O)C6N)C(N)C[C@H](N)[C@@H]5O)C(O)C4O[C@@H]4O[C@H](CN)C(O)C(O)C4N)cc3)C(O[C@H]3O[C@@H](CN)C(O)C(O)C3N)[C@@H]2O)C(N)[C@@H](O)C1O. The fourth-order valence-corrected chi connectivity index (χ4v) is 12.9. The number of aliphatic hydroxyl groups excluding tert-OH is 12. The molecule has 42 nitrogen and oxygen atoms in total. The van der Waals surface area contributed by atoms with E-state index in [2.05, 4.69) is 21.3 Å². The highest BCUT2D eigenvalue weighted by Crippen LogP contribution is 2.38. The van der Waals surface area contributed by atoms with E-state index < -0.39 is 258 Å². The van der Waals surface area contributed by atoms with Crippen molar-refractivity contribution >= 4 is 23.4 Å². The molecule has 1 aromatic carbocycles. The van der Waals surface area contributed by atoms with E-state index in [0.29, 0.717) is 0 Å². The zero-order valence-electron chi connectivity index (χ0n) is 51.9. The zero-order chi connectivity index (χ0) is 70.0. The van der Waals surface area contributed by atoms with Gasteiger partial charge in [0.1, 0.15) is 134 Å². The third-order valence-corrected chi connectivity index (χ3v) is 18.7. The van der Waals surface area contributed by atoms with Crippen molar-refractivity contribution in [2.75, 3.05) is 49.9 Å². The monoisotopic (exact) mass is 1390 g/mol. The summed E-state index contributed by atoms with van der Waals surface area (Å²) in [6, 6.07) is -5.62. The Morgan fingerprint density at radius 1 is 0.333 bits per heavy atom. The Balaban J connectivity index is 0.844. The van der Waals surface area contributed by atoms with Gasteiger partial charge in [-0.1, -0.05) is 0 Å². The Bertz CT molecular complexity index is 2470. The molecule has 40 N–H and O–H groups in total. The third kappa shape index (κ3) is 16.6. The topological polar surface area (TPSA) is 748 Å². The summed E-state index contributed by atoms with van der Waals surface area (Å²) in [5, 5.41) is 142. The van der Waals surface area contributed by atoms with Crippen molar-refractivity contribution in [1.82, 2.24) is 10.6 Å². The van der Waals surface area contributed by atoms with Gasteiger partial charge in [0.25, 0.3) is 0 Å². The van der Waals surface area contributed by atoms with E-state index >= 15 is 0 Å². The molecule has 0 bridgehead atoms. The molecule has 96 heavy (non-hydrogen) atoms. The van der Waals surface area contributed by atoms with Crippen LogP contribution in [0.25, 0.3) is 0 Å². The van der Waals surface area contributed by atoms with Gasteiger partial charge in [-0.15, -0.1) is 0 Å². The molecular weight excluding hydrogens is 1290 g/mol. The first kappa shape index (κ1) is 76.5.